The smallest absolute Gasteiger partial charge is 0.325 e. The summed E-state index contributed by atoms with van der Waals surface area (Å²) in [4.78, 5) is 40.4. The van der Waals surface area contributed by atoms with Crippen LogP contribution in [0, 0.1) is 0 Å². The summed E-state index contributed by atoms with van der Waals surface area (Å²) in [6.07, 6.45) is 5.52. The van der Waals surface area contributed by atoms with Crippen molar-refractivity contribution >= 4 is 17.8 Å². The van der Waals surface area contributed by atoms with E-state index in [4.69, 9.17) is 0 Å². The molecule has 6 heteroatoms. The Kier molecular flexibility index (Phi) is 6.06. The summed E-state index contributed by atoms with van der Waals surface area (Å²) in [7, 11) is 1.30. The first-order valence-electron chi connectivity index (χ1n) is 10.2. The SMILES string of the molecule is CCC(C)N1C(=O)c2ccccc2C(C(=O)NCC(=O)OC)C12CCCCC2. The second-order valence-electron chi connectivity index (χ2n) is 7.91. The molecule has 1 N–H and O–H groups in total. The van der Waals surface area contributed by atoms with Crippen LogP contribution in [-0.2, 0) is 14.3 Å². The summed E-state index contributed by atoms with van der Waals surface area (Å²) in [5, 5.41) is 2.76. The summed E-state index contributed by atoms with van der Waals surface area (Å²) in [6.45, 7) is 3.97. The second-order valence-corrected chi connectivity index (χ2v) is 7.91. The molecule has 2 unspecified atom stereocenters. The largest absolute Gasteiger partial charge is 0.468 e. The topological polar surface area (TPSA) is 75.7 Å². The minimum Gasteiger partial charge on any atom is -0.468 e. The number of ether oxygens (including phenoxy) is 1. The van der Waals surface area contributed by atoms with Crippen LogP contribution in [0.3, 0.4) is 0 Å². The molecule has 1 aromatic carbocycles. The predicted molar refractivity (Wildman–Crippen MR) is 106 cm³/mol. The monoisotopic (exact) mass is 386 g/mol. The number of hydrogen-bond donors (Lipinski definition) is 1. The zero-order chi connectivity index (χ0) is 20.3. The molecule has 0 aromatic heterocycles. The van der Waals surface area contributed by atoms with Crippen LogP contribution in [-0.4, -0.2) is 47.9 Å². The highest BCUT2D eigenvalue weighted by atomic mass is 16.5. The summed E-state index contributed by atoms with van der Waals surface area (Å²) < 4.78 is 4.67. The normalized spacial score (nSPS) is 21.8. The maximum atomic E-state index is 13.5. The highest BCUT2D eigenvalue weighted by Crippen LogP contribution is 2.50. The maximum Gasteiger partial charge on any atom is 0.325 e. The number of nitrogens with one attached hydrogen (secondary N) is 1. The van der Waals surface area contributed by atoms with Gasteiger partial charge in [-0.25, -0.2) is 0 Å². The van der Waals surface area contributed by atoms with Gasteiger partial charge in [-0.15, -0.1) is 0 Å². The zero-order valence-electron chi connectivity index (χ0n) is 17.0. The molecule has 1 aromatic rings. The van der Waals surface area contributed by atoms with E-state index < -0.39 is 17.4 Å². The van der Waals surface area contributed by atoms with E-state index in [1.807, 2.05) is 29.2 Å². The molecule has 28 heavy (non-hydrogen) atoms. The Morgan fingerprint density at radius 3 is 2.57 bits per heavy atom. The molecule has 2 aliphatic rings. The average Bonchev–Trinajstić information content (AvgIpc) is 2.72. The lowest BCUT2D eigenvalue weighted by Gasteiger charge is -2.55. The molecule has 1 fully saturated rings. The molecule has 2 atom stereocenters. The molecule has 1 saturated carbocycles. The molecule has 1 aliphatic heterocycles. The zero-order valence-corrected chi connectivity index (χ0v) is 17.0. The Morgan fingerprint density at radius 1 is 1.25 bits per heavy atom. The highest BCUT2D eigenvalue weighted by molar-refractivity contribution is 6.02. The van der Waals surface area contributed by atoms with Gasteiger partial charge < -0.3 is 15.0 Å². The van der Waals surface area contributed by atoms with Crippen molar-refractivity contribution in [2.24, 2.45) is 0 Å². The lowest BCUT2D eigenvalue weighted by atomic mass is 9.64. The van der Waals surface area contributed by atoms with Crippen molar-refractivity contribution in [3.63, 3.8) is 0 Å². The highest BCUT2D eigenvalue weighted by Gasteiger charge is 2.55. The molecule has 152 valence electrons. The molecule has 0 bridgehead atoms. The first-order chi connectivity index (χ1) is 13.5. The van der Waals surface area contributed by atoms with E-state index in [0.29, 0.717) is 5.56 Å². The lowest BCUT2D eigenvalue weighted by Crippen LogP contribution is -2.65. The molecule has 1 aliphatic carbocycles. The molecule has 1 spiro atoms. The van der Waals surface area contributed by atoms with Crippen molar-refractivity contribution in [2.75, 3.05) is 13.7 Å². The summed E-state index contributed by atoms with van der Waals surface area (Å²) in [6, 6.07) is 7.45. The number of esters is 1. The molecule has 2 amide bonds. The first-order valence-corrected chi connectivity index (χ1v) is 10.2. The van der Waals surface area contributed by atoms with E-state index in [2.05, 4.69) is 23.9 Å². The third-order valence-corrected chi connectivity index (χ3v) is 6.39. The summed E-state index contributed by atoms with van der Waals surface area (Å²) in [5.74, 6) is -1.16. The van der Waals surface area contributed by atoms with Crippen LogP contribution < -0.4 is 5.32 Å². The van der Waals surface area contributed by atoms with Gasteiger partial charge in [-0.05, 0) is 37.8 Å². The lowest BCUT2D eigenvalue weighted by molar-refractivity contribution is -0.142. The molecule has 0 radical (unpaired) electrons. The van der Waals surface area contributed by atoms with Gasteiger partial charge in [-0.2, -0.15) is 0 Å². The van der Waals surface area contributed by atoms with Crippen LogP contribution in [0.25, 0.3) is 0 Å². The minimum atomic E-state index is -0.542. The fraction of sp³-hybridized carbons (Fsp3) is 0.591. The third kappa shape index (κ3) is 3.40. The van der Waals surface area contributed by atoms with Crippen molar-refractivity contribution in [1.82, 2.24) is 10.2 Å². The molecule has 1 heterocycles. The Bertz CT molecular complexity index is 755. The number of amides is 2. The molecule has 0 saturated heterocycles. The van der Waals surface area contributed by atoms with Gasteiger partial charge in [-0.1, -0.05) is 44.4 Å². The van der Waals surface area contributed by atoms with Crippen LogP contribution in [0.5, 0.6) is 0 Å². The van der Waals surface area contributed by atoms with Gasteiger partial charge in [0.15, 0.2) is 0 Å². The maximum absolute atomic E-state index is 13.5. The van der Waals surface area contributed by atoms with E-state index in [-0.39, 0.29) is 24.4 Å². The van der Waals surface area contributed by atoms with Gasteiger partial charge in [0.05, 0.1) is 18.6 Å². The minimum absolute atomic E-state index is 0.0175. The van der Waals surface area contributed by atoms with Crippen LogP contribution in [0.15, 0.2) is 24.3 Å². The number of rotatable bonds is 5. The van der Waals surface area contributed by atoms with Crippen molar-refractivity contribution in [3.8, 4) is 0 Å². The number of benzene rings is 1. The summed E-state index contributed by atoms with van der Waals surface area (Å²) in [5.41, 5.74) is 0.827. The van der Waals surface area contributed by atoms with Crippen molar-refractivity contribution in [3.05, 3.63) is 35.4 Å². The fourth-order valence-corrected chi connectivity index (χ4v) is 4.94. The Balaban J connectivity index is 2.11. The second kappa shape index (κ2) is 8.33. The molecular weight excluding hydrogens is 356 g/mol. The number of nitrogens with zero attached hydrogens (tertiary/aromatic N) is 1. The van der Waals surface area contributed by atoms with Crippen molar-refractivity contribution < 1.29 is 19.1 Å². The first kappa shape index (κ1) is 20.4. The third-order valence-electron chi connectivity index (χ3n) is 6.39. The standard InChI is InChI=1S/C22H30N2O4/c1-4-15(2)24-21(27)17-11-7-6-10-16(17)19(20(26)23-14-18(25)28-3)22(24)12-8-5-9-13-22/h6-7,10-11,15,19H,4-5,8-9,12-14H2,1-3H3,(H,23,26). The number of carbonyl (C=O) groups excluding carboxylic acids is 3. The van der Waals surface area contributed by atoms with Gasteiger partial charge in [0, 0.05) is 11.6 Å². The number of carbonyl (C=O) groups is 3. The van der Waals surface area contributed by atoms with Gasteiger partial charge >= 0.3 is 5.97 Å². The fourth-order valence-electron chi connectivity index (χ4n) is 4.94. The Labute approximate surface area is 166 Å². The van der Waals surface area contributed by atoms with E-state index in [0.717, 1.165) is 44.1 Å². The van der Waals surface area contributed by atoms with Gasteiger partial charge in [-0.3, -0.25) is 14.4 Å². The number of hydrogen-bond acceptors (Lipinski definition) is 4. The van der Waals surface area contributed by atoms with Gasteiger partial charge in [0.1, 0.15) is 6.54 Å². The predicted octanol–water partition coefficient (Wildman–Crippen LogP) is 3.02. The Hall–Kier alpha value is -2.37. The molecular formula is C22H30N2O4. The van der Waals surface area contributed by atoms with Gasteiger partial charge in [0.25, 0.3) is 5.91 Å². The average molecular weight is 386 g/mol. The van der Waals surface area contributed by atoms with Crippen molar-refractivity contribution in [1.29, 1.82) is 0 Å². The van der Waals surface area contributed by atoms with E-state index >= 15 is 0 Å². The number of fused-ring (bicyclic) bond motifs is 1. The number of methoxy groups -OCH3 is 1. The summed E-state index contributed by atoms with van der Waals surface area (Å²) >= 11 is 0. The molecule has 6 nitrogen and oxygen atoms in total. The Morgan fingerprint density at radius 2 is 1.93 bits per heavy atom. The van der Waals surface area contributed by atoms with E-state index in [1.165, 1.54) is 7.11 Å². The van der Waals surface area contributed by atoms with E-state index in [1.54, 1.807) is 0 Å². The van der Waals surface area contributed by atoms with Crippen molar-refractivity contribution in [2.45, 2.75) is 69.9 Å². The molecule has 3 rings (SSSR count). The van der Waals surface area contributed by atoms with E-state index in [9.17, 15) is 14.4 Å². The van der Waals surface area contributed by atoms with Crippen LogP contribution in [0.4, 0.5) is 0 Å². The van der Waals surface area contributed by atoms with Gasteiger partial charge in [0.2, 0.25) is 5.91 Å². The quantitative estimate of drug-likeness (QED) is 0.790. The van der Waals surface area contributed by atoms with Crippen LogP contribution >= 0.6 is 0 Å². The van der Waals surface area contributed by atoms with Crippen LogP contribution in [0.2, 0.25) is 0 Å². The van der Waals surface area contributed by atoms with Crippen LogP contribution in [0.1, 0.15) is 74.2 Å².